The molecule has 0 bridgehead atoms. The van der Waals surface area contributed by atoms with E-state index in [-0.39, 0.29) is 17.9 Å². The predicted octanol–water partition coefficient (Wildman–Crippen LogP) is 5.99. The third-order valence-corrected chi connectivity index (χ3v) is 6.25. The molecule has 6 heteroatoms. The van der Waals surface area contributed by atoms with Crippen molar-refractivity contribution in [3.63, 3.8) is 0 Å². The standard InChI is InChI=1S/C27H28ClN3O2/c1-19-7-9-20(10-8-19)17-29-26(32)22-5-2-4-21(16-22)23-6-3-15-31(18-23)27(33)30-25-13-11-24(28)12-14-25/h2,4-5,7-14,16,23H,3,6,15,17-18H2,1H3,(H,29,32)(H,30,33)/t23-/m0/s1. The van der Waals surface area contributed by atoms with Gasteiger partial charge in [-0.2, -0.15) is 0 Å². The molecule has 4 rings (SSSR count). The molecular formula is C27H28ClN3O2. The van der Waals surface area contributed by atoms with Gasteiger partial charge in [0.05, 0.1) is 0 Å². The number of rotatable bonds is 5. The number of piperidine rings is 1. The van der Waals surface area contributed by atoms with Gasteiger partial charge in [0.15, 0.2) is 0 Å². The van der Waals surface area contributed by atoms with E-state index in [0.29, 0.717) is 30.2 Å². The fraction of sp³-hybridized carbons (Fsp3) is 0.259. The van der Waals surface area contributed by atoms with Crippen LogP contribution in [0.4, 0.5) is 10.5 Å². The molecule has 2 N–H and O–H groups in total. The molecule has 0 spiro atoms. The minimum absolute atomic E-state index is 0.0921. The lowest BCUT2D eigenvalue weighted by atomic mass is 9.89. The van der Waals surface area contributed by atoms with E-state index in [4.69, 9.17) is 11.6 Å². The summed E-state index contributed by atoms with van der Waals surface area (Å²) >= 11 is 5.92. The van der Waals surface area contributed by atoms with E-state index in [1.807, 2.05) is 60.4 Å². The van der Waals surface area contributed by atoms with E-state index < -0.39 is 0 Å². The van der Waals surface area contributed by atoms with Crippen LogP contribution >= 0.6 is 11.6 Å². The topological polar surface area (TPSA) is 61.4 Å². The molecule has 33 heavy (non-hydrogen) atoms. The fourth-order valence-electron chi connectivity index (χ4n) is 4.09. The maximum absolute atomic E-state index is 12.8. The SMILES string of the molecule is Cc1ccc(CNC(=O)c2cccc([C@H]3CCCN(C(=O)Nc4ccc(Cl)cc4)C3)c2)cc1. The van der Waals surface area contributed by atoms with Gasteiger partial charge in [-0.1, -0.05) is 53.6 Å². The van der Waals surface area contributed by atoms with E-state index in [1.54, 1.807) is 24.3 Å². The Morgan fingerprint density at radius 1 is 1.03 bits per heavy atom. The molecule has 1 saturated heterocycles. The van der Waals surface area contributed by atoms with Crippen LogP contribution in [0.25, 0.3) is 0 Å². The van der Waals surface area contributed by atoms with Gasteiger partial charge in [-0.15, -0.1) is 0 Å². The number of aryl methyl sites for hydroxylation is 1. The van der Waals surface area contributed by atoms with Gasteiger partial charge in [0.25, 0.3) is 5.91 Å². The lowest BCUT2D eigenvalue weighted by molar-refractivity contribution is 0.0950. The predicted molar refractivity (Wildman–Crippen MR) is 133 cm³/mol. The Morgan fingerprint density at radius 3 is 2.55 bits per heavy atom. The maximum Gasteiger partial charge on any atom is 0.321 e. The molecule has 0 aromatic heterocycles. The lowest BCUT2D eigenvalue weighted by Gasteiger charge is -2.33. The number of likely N-dealkylation sites (tertiary alicyclic amines) is 1. The number of nitrogens with zero attached hydrogens (tertiary/aromatic N) is 1. The zero-order valence-corrected chi connectivity index (χ0v) is 19.4. The van der Waals surface area contributed by atoms with Crippen molar-refractivity contribution < 1.29 is 9.59 Å². The summed E-state index contributed by atoms with van der Waals surface area (Å²) in [5, 5.41) is 6.57. The Morgan fingerprint density at radius 2 is 1.79 bits per heavy atom. The quantitative estimate of drug-likeness (QED) is 0.490. The molecule has 170 valence electrons. The summed E-state index contributed by atoms with van der Waals surface area (Å²) in [6, 6.07) is 22.9. The van der Waals surface area contributed by atoms with Crippen molar-refractivity contribution in [3.05, 3.63) is 100 Å². The average Bonchev–Trinajstić information content (AvgIpc) is 2.85. The molecule has 0 aliphatic carbocycles. The second-order valence-corrected chi connectivity index (χ2v) is 8.95. The van der Waals surface area contributed by atoms with Crippen molar-refractivity contribution in [2.45, 2.75) is 32.2 Å². The van der Waals surface area contributed by atoms with Crippen LogP contribution in [0.5, 0.6) is 0 Å². The highest BCUT2D eigenvalue weighted by Gasteiger charge is 2.25. The summed E-state index contributed by atoms with van der Waals surface area (Å²) in [6.07, 6.45) is 1.90. The number of amides is 3. The van der Waals surface area contributed by atoms with Gasteiger partial charge in [0.1, 0.15) is 0 Å². The molecule has 0 radical (unpaired) electrons. The largest absolute Gasteiger partial charge is 0.348 e. The number of hydrogen-bond donors (Lipinski definition) is 2. The zero-order valence-electron chi connectivity index (χ0n) is 18.7. The number of carbonyl (C=O) groups excluding carboxylic acids is 2. The smallest absolute Gasteiger partial charge is 0.321 e. The molecule has 3 aromatic rings. The summed E-state index contributed by atoms with van der Waals surface area (Å²) < 4.78 is 0. The van der Waals surface area contributed by atoms with Crippen LogP contribution in [0.1, 0.15) is 45.8 Å². The van der Waals surface area contributed by atoms with Crippen molar-refractivity contribution in [1.82, 2.24) is 10.2 Å². The van der Waals surface area contributed by atoms with Gasteiger partial charge < -0.3 is 15.5 Å². The second kappa shape index (κ2) is 10.5. The Bertz CT molecular complexity index is 1110. The summed E-state index contributed by atoms with van der Waals surface area (Å²) in [4.78, 5) is 27.3. The fourth-order valence-corrected chi connectivity index (χ4v) is 4.22. The van der Waals surface area contributed by atoms with Gasteiger partial charge in [-0.05, 0) is 67.3 Å². The Labute approximate surface area is 199 Å². The number of halogens is 1. The number of anilines is 1. The Kier molecular flexibility index (Phi) is 7.30. The first-order valence-electron chi connectivity index (χ1n) is 11.2. The molecule has 1 heterocycles. The third kappa shape index (κ3) is 6.14. The van der Waals surface area contributed by atoms with Crippen molar-refractivity contribution >= 4 is 29.2 Å². The van der Waals surface area contributed by atoms with Crippen LogP contribution in [-0.4, -0.2) is 29.9 Å². The first-order valence-corrected chi connectivity index (χ1v) is 11.6. The van der Waals surface area contributed by atoms with Crippen LogP contribution in [0.2, 0.25) is 5.02 Å². The minimum atomic E-state index is -0.117. The number of benzene rings is 3. The van der Waals surface area contributed by atoms with Gasteiger partial charge in [-0.25, -0.2) is 4.79 Å². The molecule has 1 atom stereocenters. The van der Waals surface area contributed by atoms with Crippen LogP contribution in [-0.2, 0) is 6.54 Å². The number of carbonyl (C=O) groups is 2. The highest BCUT2D eigenvalue weighted by molar-refractivity contribution is 6.30. The molecule has 3 amide bonds. The highest BCUT2D eigenvalue weighted by atomic mass is 35.5. The van der Waals surface area contributed by atoms with Crippen LogP contribution < -0.4 is 10.6 Å². The van der Waals surface area contributed by atoms with Gasteiger partial charge in [0.2, 0.25) is 0 Å². The number of nitrogens with one attached hydrogen (secondary N) is 2. The highest BCUT2D eigenvalue weighted by Crippen LogP contribution is 2.28. The van der Waals surface area contributed by atoms with Crippen molar-refractivity contribution in [3.8, 4) is 0 Å². The lowest BCUT2D eigenvalue weighted by Crippen LogP contribution is -2.41. The molecule has 3 aromatic carbocycles. The second-order valence-electron chi connectivity index (χ2n) is 8.52. The Balaban J connectivity index is 1.37. The van der Waals surface area contributed by atoms with Crippen LogP contribution in [0, 0.1) is 6.92 Å². The van der Waals surface area contributed by atoms with E-state index in [9.17, 15) is 9.59 Å². The van der Waals surface area contributed by atoms with E-state index >= 15 is 0 Å². The van der Waals surface area contributed by atoms with Crippen LogP contribution in [0.15, 0.2) is 72.8 Å². The molecule has 1 aliphatic heterocycles. The normalized spacial score (nSPS) is 15.7. The average molecular weight is 462 g/mol. The van der Waals surface area contributed by atoms with Crippen molar-refractivity contribution in [2.75, 3.05) is 18.4 Å². The molecular weight excluding hydrogens is 434 g/mol. The number of hydrogen-bond acceptors (Lipinski definition) is 2. The summed E-state index contributed by atoms with van der Waals surface area (Å²) in [5.41, 5.74) is 4.71. The summed E-state index contributed by atoms with van der Waals surface area (Å²) in [7, 11) is 0. The van der Waals surface area contributed by atoms with Gasteiger partial charge >= 0.3 is 6.03 Å². The zero-order chi connectivity index (χ0) is 23.2. The summed E-state index contributed by atoms with van der Waals surface area (Å²) in [6.45, 7) is 3.87. The first kappa shape index (κ1) is 22.9. The Hall–Kier alpha value is -3.31. The molecule has 0 unspecified atom stereocenters. The minimum Gasteiger partial charge on any atom is -0.348 e. The molecule has 5 nitrogen and oxygen atoms in total. The molecule has 1 aliphatic rings. The van der Waals surface area contributed by atoms with E-state index in [2.05, 4.69) is 10.6 Å². The van der Waals surface area contributed by atoms with Crippen LogP contribution in [0.3, 0.4) is 0 Å². The maximum atomic E-state index is 12.8. The monoisotopic (exact) mass is 461 g/mol. The molecule has 1 fully saturated rings. The molecule has 0 saturated carbocycles. The third-order valence-electron chi connectivity index (χ3n) is 6.00. The van der Waals surface area contributed by atoms with Gasteiger partial charge in [-0.3, -0.25) is 4.79 Å². The summed E-state index contributed by atoms with van der Waals surface area (Å²) in [5.74, 6) is 0.102. The van der Waals surface area contributed by atoms with Crippen molar-refractivity contribution in [2.24, 2.45) is 0 Å². The van der Waals surface area contributed by atoms with Gasteiger partial charge in [0, 0.05) is 41.8 Å². The van der Waals surface area contributed by atoms with E-state index in [1.165, 1.54) is 5.56 Å². The van der Waals surface area contributed by atoms with Crippen molar-refractivity contribution in [1.29, 1.82) is 0 Å². The van der Waals surface area contributed by atoms with E-state index in [0.717, 1.165) is 29.7 Å². The first-order chi connectivity index (χ1) is 16.0. The number of urea groups is 1.